The number of carboxylic acid groups (broad SMARTS) is 1. The average Bonchev–Trinajstić information content (AvgIpc) is 2.75. The first-order valence-corrected chi connectivity index (χ1v) is 5.50. The Kier molecular flexibility index (Phi) is 3.11. The van der Waals surface area contributed by atoms with Crippen molar-refractivity contribution in [2.75, 3.05) is 0 Å². The van der Waals surface area contributed by atoms with Crippen LogP contribution in [-0.2, 0) is 0 Å². The second kappa shape index (κ2) is 4.57. The highest BCUT2D eigenvalue weighted by molar-refractivity contribution is 9.10. The van der Waals surface area contributed by atoms with Crippen LogP contribution >= 0.6 is 15.9 Å². The van der Waals surface area contributed by atoms with E-state index in [1.54, 1.807) is 6.20 Å². The summed E-state index contributed by atoms with van der Waals surface area (Å²) in [6.07, 6.45) is 3.14. The van der Waals surface area contributed by atoms with E-state index in [1.165, 1.54) is 29.1 Å². The quantitative estimate of drug-likeness (QED) is 0.692. The lowest BCUT2D eigenvalue weighted by molar-refractivity contribution is -0.385. The fraction of sp³-hybridized carbons (Fsp3) is 0. The van der Waals surface area contributed by atoms with Gasteiger partial charge < -0.3 is 5.11 Å². The highest BCUT2D eigenvalue weighted by atomic mass is 79.9. The zero-order valence-electron chi connectivity index (χ0n) is 8.78. The molecule has 0 amide bonds. The summed E-state index contributed by atoms with van der Waals surface area (Å²) in [6, 6.07) is 3.81. The number of nitrogens with zero attached hydrogens (tertiary/aromatic N) is 3. The minimum Gasteiger partial charge on any atom is -0.477 e. The number of halogens is 1. The molecule has 0 saturated carbocycles. The fourth-order valence-electron chi connectivity index (χ4n) is 1.44. The van der Waals surface area contributed by atoms with Gasteiger partial charge in [0.2, 0.25) is 0 Å². The number of hydrogen-bond acceptors (Lipinski definition) is 4. The van der Waals surface area contributed by atoms with Gasteiger partial charge in [-0.05, 0) is 28.1 Å². The van der Waals surface area contributed by atoms with Gasteiger partial charge in [-0.1, -0.05) is 0 Å². The van der Waals surface area contributed by atoms with Gasteiger partial charge in [0, 0.05) is 12.3 Å². The van der Waals surface area contributed by atoms with Gasteiger partial charge in [-0.2, -0.15) is 5.10 Å². The van der Waals surface area contributed by atoms with Crippen LogP contribution in [0.25, 0.3) is 5.69 Å². The van der Waals surface area contributed by atoms with E-state index in [0.29, 0.717) is 10.2 Å². The van der Waals surface area contributed by atoms with E-state index in [1.807, 2.05) is 0 Å². The molecule has 1 aromatic carbocycles. The summed E-state index contributed by atoms with van der Waals surface area (Å²) in [7, 11) is 0. The van der Waals surface area contributed by atoms with Crippen molar-refractivity contribution < 1.29 is 14.8 Å². The molecule has 0 aliphatic carbocycles. The topological polar surface area (TPSA) is 98.3 Å². The summed E-state index contributed by atoms with van der Waals surface area (Å²) in [5.41, 5.74) is -0.404. The maximum Gasteiger partial charge on any atom is 0.342 e. The van der Waals surface area contributed by atoms with Crippen LogP contribution in [0.5, 0.6) is 0 Å². The van der Waals surface area contributed by atoms with Gasteiger partial charge in [-0.25, -0.2) is 9.48 Å². The number of aromatic carboxylic acids is 1. The van der Waals surface area contributed by atoms with E-state index < -0.39 is 16.6 Å². The standard InChI is InChI=1S/C10H6BrN3O4/c11-6-4-12-13(5-6)7-1-2-8(10(15)16)9(3-7)14(17)18/h1-5H,(H,15,16). The minimum absolute atomic E-state index is 0.352. The molecule has 0 aliphatic rings. The maximum atomic E-state index is 10.8. The van der Waals surface area contributed by atoms with Gasteiger partial charge >= 0.3 is 5.97 Å². The van der Waals surface area contributed by atoms with Crippen LogP contribution < -0.4 is 0 Å². The fourth-order valence-corrected chi connectivity index (χ4v) is 1.72. The van der Waals surface area contributed by atoms with Crippen molar-refractivity contribution in [3.05, 3.63) is 50.7 Å². The van der Waals surface area contributed by atoms with Crippen LogP contribution in [0.4, 0.5) is 5.69 Å². The zero-order valence-corrected chi connectivity index (χ0v) is 10.4. The monoisotopic (exact) mass is 311 g/mol. The molecular formula is C10H6BrN3O4. The van der Waals surface area contributed by atoms with Gasteiger partial charge in [-0.3, -0.25) is 10.1 Å². The normalized spacial score (nSPS) is 10.3. The van der Waals surface area contributed by atoms with E-state index in [2.05, 4.69) is 21.0 Å². The molecular weight excluding hydrogens is 306 g/mol. The minimum atomic E-state index is -1.34. The Morgan fingerprint density at radius 2 is 2.22 bits per heavy atom. The Labute approximate surface area is 109 Å². The highest BCUT2D eigenvalue weighted by Gasteiger charge is 2.20. The lowest BCUT2D eigenvalue weighted by atomic mass is 10.1. The smallest absolute Gasteiger partial charge is 0.342 e. The molecule has 0 aliphatic heterocycles. The summed E-state index contributed by atoms with van der Waals surface area (Å²) in [4.78, 5) is 20.9. The summed E-state index contributed by atoms with van der Waals surface area (Å²) in [5, 5.41) is 23.6. The Balaban J connectivity index is 2.56. The SMILES string of the molecule is O=C(O)c1ccc(-n2cc(Br)cn2)cc1[N+](=O)[O-]. The molecule has 0 radical (unpaired) electrons. The third-order valence-electron chi connectivity index (χ3n) is 2.22. The van der Waals surface area contributed by atoms with Crippen molar-refractivity contribution >= 4 is 27.6 Å². The van der Waals surface area contributed by atoms with Crippen molar-refractivity contribution in [1.29, 1.82) is 0 Å². The second-order valence-electron chi connectivity index (χ2n) is 3.37. The van der Waals surface area contributed by atoms with E-state index >= 15 is 0 Å². The number of benzene rings is 1. The highest BCUT2D eigenvalue weighted by Crippen LogP contribution is 2.23. The first-order valence-electron chi connectivity index (χ1n) is 4.71. The number of carbonyl (C=O) groups is 1. The van der Waals surface area contributed by atoms with Gasteiger partial charge in [0.05, 0.1) is 21.3 Å². The Morgan fingerprint density at radius 3 is 2.72 bits per heavy atom. The third-order valence-corrected chi connectivity index (χ3v) is 2.63. The van der Waals surface area contributed by atoms with Crippen molar-refractivity contribution in [3.63, 3.8) is 0 Å². The largest absolute Gasteiger partial charge is 0.477 e. The summed E-state index contributed by atoms with van der Waals surface area (Å²) in [6.45, 7) is 0. The molecule has 92 valence electrons. The van der Waals surface area contributed by atoms with Crippen molar-refractivity contribution in [2.24, 2.45) is 0 Å². The van der Waals surface area contributed by atoms with Gasteiger partial charge in [0.25, 0.3) is 5.69 Å². The Hall–Kier alpha value is -2.22. The first-order chi connectivity index (χ1) is 8.49. The predicted octanol–water partition coefficient (Wildman–Crippen LogP) is 2.24. The van der Waals surface area contributed by atoms with Crippen molar-refractivity contribution in [2.45, 2.75) is 0 Å². The van der Waals surface area contributed by atoms with E-state index in [4.69, 9.17) is 5.11 Å². The number of carboxylic acids is 1. The number of nitro groups is 1. The summed E-state index contributed by atoms with van der Waals surface area (Å²) >= 11 is 3.20. The van der Waals surface area contributed by atoms with E-state index in [-0.39, 0.29) is 5.56 Å². The van der Waals surface area contributed by atoms with E-state index in [0.717, 1.165) is 0 Å². The molecule has 0 fully saturated rings. The zero-order chi connectivity index (χ0) is 13.3. The predicted molar refractivity (Wildman–Crippen MR) is 64.9 cm³/mol. The average molecular weight is 312 g/mol. The van der Waals surface area contributed by atoms with Crippen LogP contribution in [0.3, 0.4) is 0 Å². The van der Waals surface area contributed by atoms with Gasteiger partial charge in [0.15, 0.2) is 0 Å². The molecule has 8 heteroatoms. The van der Waals surface area contributed by atoms with Gasteiger partial charge in [-0.15, -0.1) is 0 Å². The van der Waals surface area contributed by atoms with Crippen molar-refractivity contribution in [1.82, 2.24) is 9.78 Å². The summed E-state index contributed by atoms with van der Waals surface area (Å²) < 4.78 is 2.12. The third kappa shape index (κ3) is 2.23. The molecule has 7 nitrogen and oxygen atoms in total. The lowest BCUT2D eigenvalue weighted by Gasteiger charge is -2.03. The molecule has 0 spiro atoms. The number of rotatable bonds is 3. The van der Waals surface area contributed by atoms with Crippen molar-refractivity contribution in [3.8, 4) is 5.69 Å². The molecule has 2 aromatic rings. The molecule has 18 heavy (non-hydrogen) atoms. The van der Waals surface area contributed by atoms with Crippen LogP contribution in [0.2, 0.25) is 0 Å². The van der Waals surface area contributed by atoms with Crippen LogP contribution in [0.1, 0.15) is 10.4 Å². The second-order valence-corrected chi connectivity index (χ2v) is 4.28. The first kappa shape index (κ1) is 12.2. The molecule has 0 bridgehead atoms. The van der Waals surface area contributed by atoms with E-state index in [9.17, 15) is 14.9 Å². The lowest BCUT2D eigenvalue weighted by Crippen LogP contribution is -2.04. The van der Waals surface area contributed by atoms with Gasteiger partial charge in [0.1, 0.15) is 5.56 Å². The Morgan fingerprint density at radius 1 is 1.50 bits per heavy atom. The van der Waals surface area contributed by atoms with Crippen LogP contribution in [0, 0.1) is 10.1 Å². The number of nitro benzene ring substituents is 1. The number of aromatic nitrogens is 2. The number of hydrogen-bond donors (Lipinski definition) is 1. The molecule has 1 aromatic heterocycles. The maximum absolute atomic E-state index is 10.8. The molecule has 0 atom stereocenters. The molecule has 0 unspecified atom stereocenters. The molecule has 0 saturated heterocycles. The Bertz CT molecular complexity index is 638. The van der Waals surface area contributed by atoms with Crippen LogP contribution in [0.15, 0.2) is 35.1 Å². The molecule has 1 heterocycles. The molecule has 1 N–H and O–H groups in total. The summed E-state index contributed by atoms with van der Waals surface area (Å²) in [5.74, 6) is -1.34. The van der Waals surface area contributed by atoms with Crippen LogP contribution in [-0.4, -0.2) is 25.8 Å². The molecule has 2 rings (SSSR count).